The van der Waals surface area contributed by atoms with Crippen LogP contribution in [0.5, 0.6) is 11.5 Å². The number of rotatable bonds is 7. The smallest absolute Gasteiger partial charge is 0.283 e. The van der Waals surface area contributed by atoms with E-state index in [9.17, 15) is 4.79 Å². The van der Waals surface area contributed by atoms with E-state index in [1.807, 2.05) is 56.3 Å². The first kappa shape index (κ1) is 22.3. The Hall–Kier alpha value is -2.91. The third kappa shape index (κ3) is 4.94. The van der Waals surface area contributed by atoms with Crippen molar-refractivity contribution in [1.82, 2.24) is 5.01 Å². The molecule has 2 aliphatic heterocycles. The quantitative estimate of drug-likeness (QED) is 0.404. The number of hydrazone groups is 1. The summed E-state index contributed by atoms with van der Waals surface area (Å²) in [5.41, 5.74) is 1.99. The molecule has 0 saturated carbocycles. The highest BCUT2D eigenvalue weighted by Crippen LogP contribution is 2.31. The van der Waals surface area contributed by atoms with Crippen LogP contribution in [-0.2, 0) is 4.79 Å². The maximum atomic E-state index is 12.6. The van der Waals surface area contributed by atoms with E-state index in [-0.39, 0.29) is 11.4 Å². The molecule has 4 rings (SSSR count). The molecular weight excluding hydrogens is 492 g/mol. The normalized spacial score (nSPS) is 16.7. The number of fused-ring (bicyclic) bond motifs is 1. The van der Waals surface area contributed by atoms with Crippen molar-refractivity contribution in [3.63, 3.8) is 0 Å². The van der Waals surface area contributed by atoms with Gasteiger partial charge in [-0.05, 0) is 61.5 Å². The van der Waals surface area contributed by atoms with Crippen LogP contribution in [0.3, 0.4) is 0 Å². The van der Waals surface area contributed by atoms with Gasteiger partial charge in [-0.3, -0.25) is 10.2 Å². The molecule has 0 bridgehead atoms. The number of benzene rings is 2. The number of amides is 1. The van der Waals surface area contributed by atoms with Crippen LogP contribution in [0.4, 0.5) is 0 Å². The van der Waals surface area contributed by atoms with Crippen molar-refractivity contribution >= 4 is 55.7 Å². The van der Waals surface area contributed by atoms with Gasteiger partial charge in [-0.2, -0.15) is 15.1 Å². The molecule has 164 valence electrons. The average molecular weight is 513 g/mol. The first-order valence-corrected chi connectivity index (χ1v) is 11.7. The Bertz CT molecular complexity index is 1160. The Morgan fingerprint density at radius 1 is 1.16 bits per heavy atom. The Kier molecular flexibility index (Phi) is 6.76. The number of halogens is 1. The standard InChI is InChI=1S/C23H21BrN4O3S/c1-3-20-27-28-21(25)18(22(29)26-23(28)32-20)13-15-12-16(24)6-9-19(15)31-11-10-30-17-7-4-14(2)5-8-17/h4-9,12-13,25H,3,10-11H2,1-2H3/b18-13+,25-21?. The Morgan fingerprint density at radius 3 is 2.66 bits per heavy atom. The van der Waals surface area contributed by atoms with Gasteiger partial charge in [0.25, 0.3) is 5.91 Å². The number of carbonyl (C=O) groups is 1. The summed E-state index contributed by atoms with van der Waals surface area (Å²) in [5, 5.41) is 15.5. The molecule has 0 spiro atoms. The zero-order valence-corrected chi connectivity index (χ0v) is 20.0. The fraction of sp³-hybridized carbons (Fsp3) is 0.217. The Labute approximate surface area is 198 Å². The minimum Gasteiger partial charge on any atom is -0.490 e. The van der Waals surface area contributed by atoms with Crippen LogP contribution in [-0.4, -0.2) is 40.2 Å². The second kappa shape index (κ2) is 9.70. The number of carbonyl (C=O) groups excluding carboxylic acids is 1. The Morgan fingerprint density at radius 2 is 1.91 bits per heavy atom. The highest BCUT2D eigenvalue weighted by atomic mass is 79.9. The number of aryl methyl sites for hydroxylation is 1. The van der Waals surface area contributed by atoms with E-state index in [4.69, 9.17) is 14.9 Å². The number of amidine groups is 2. The molecule has 9 heteroatoms. The van der Waals surface area contributed by atoms with Gasteiger partial charge in [0.1, 0.15) is 29.8 Å². The first-order valence-electron chi connectivity index (χ1n) is 10.1. The van der Waals surface area contributed by atoms with Crippen molar-refractivity contribution in [3.8, 4) is 11.5 Å². The molecular formula is C23H21BrN4O3S. The molecule has 0 radical (unpaired) electrons. The summed E-state index contributed by atoms with van der Waals surface area (Å²) in [6.45, 7) is 4.70. The van der Waals surface area contributed by atoms with Gasteiger partial charge in [-0.25, -0.2) is 0 Å². The van der Waals surface area contributed by atoms with Crippen molar-refractivity contribution in [1.29, 1.82) is 5.41 Å². The SMILES string of the molecule is CCC1=NN2C(=N)/C(=C\c3cc(Br)ccc3OCCOc3ccc(C)cc3)C(=O)N=C2S1. The molecule has 1 N–H and O–H groups in total. The summed E-state index contributed by atoms with van der Waals surface area (Å²) < 4.78 is 12.5. The fourth-order valence-electron chi connectivity index (χ4n) is 3.04. The van der Waals surface area contributed by atoms with Crippen LogP contribution in [0.15, 0.2) is 62.6 Å². The van der Waals surface area contributed by atoms with E-state index in [2.05, 4.69) is 26.0 Å². The van der Waals surface area contributed by atoms with E-state index in [0.29, 0.717) is 29.7 Å². The lowest BCUT2D eigenvalue weighted by Gasteiger charge is -2.20. The van der Waals surface area contributed by atoms with Crippen LogP contribution in [0.1, 0.15) is 24.5 Å². The molecule has 0 aromatic heterocycles. The minimum absolute atomic E-state index is 0.00424. The maximum Gasteiger partial charge on any atom is 0.283 e. The van der Waals surface area contributed by atoms with Crippen LogP contribution >= 0.6 is 27.7 Å². The van der Waals surface area contributed by atoms with Crippen LogP contribution < -0.4 is 9.47 Å². The molecule has 1 amide bonds. The third-order valence-electron chi connectivity index (χ3n) is 4.70. The zero-order valence-electron chi connectivity index (χ0n) is 17.6. The van der Waals surface area contributed by atoms with Crippen molar-refractivity contribution in [2.75, 3.05) is 13.2 Å². The maximum absolute atomic E-state index is 12.6. The Balaban J connectivity index is 1.50. The number of aliphatic imine (C=N–C) groups is 1. The molecule has 2 heterocycles. The number of thioether (sulfide) groups is 1. The van der Waals surface area contributed by atoms with Gasteiger partial charge in [0, 0.05) is 10.0 Å². The number of nitrogens with one attached hydrogen (secondary N) is 1. The van der Waals surface area contributed by atoms with Gasteiger partial charge in [0.05, 0.1) is 5.57 Å². The van der Waals surface area contributed by atoms with Crippen molar-refractivity contribution in [3.05, 3.63) is 63.6 Å². The monoisotopic (exact) mass is 512 g/mol. The molecule has 0 unspecified atom stereocenters. The lowest BCUT2D eigenvalue weighted by atomic mass is 10.1. The van der Waals surface area contributed by atoms with Crippen LogP contribution in [0.25, 0.3) is 6.08 Å². The lowest BCUT2D eigenvalue weighted by molar-refractivity contribution is -0.114. The summed E-state index contributed by atoms with van der Waals surface area (Å²) >= 11 is 4.78. The van der Waals surface area contributed by atoms with Gasteiger partial charge < -0.3 is 9.47 Å². The number of nitrogens with zero attached hydrogens (tertiary/aromatic N) is 3. The van der Waals surface area contributed by atoms with Crippen LogP contribution in [0.2, 0.25) is 0 Å². The van der Waals surface area contributed by atoms with Gasteiger partial charge in [-0.1, -0.05) is 40.5 Å². The topological polar surface area (TPSA) is 87.3 Å². The third-order valence-corrected chi connectivity index (χ3v) is 6.25. The highest BCUT2D eigenvalue weighted by molar-refractivity contribution is 9.10. The molecule has 32 heavy (non-hydrogen) atoms. The van der Waals surface area contributed by atoms with Crippen molar-refractivity contribution < 1.29 is 14.3 Å². The molecule has 2 aromatic rings. The largest absolute Gasteiger partial charge is 0.490 e. The second-order valence-electron chi connectivity index (χ2n) is 7.06. The van der Waals surface area contributed by atoms with Crippen molar-refractivity contribution in [2.24, 2.45) is 10.1 Å². The summed E-state index contributed by atoms with van der Waals surface area (Å²) in [5.74, 6) is 0.902. The number of hydrogen-bond acceptors (Lipinski definition) is 6. The second-order valence-corrected chi connectivity index (χ2v) is 9.02. The first-order chi connectivity index (χ1) is 15.4. The van der Waals surface area contributed by atoms with Crippen molar-refractivity contribution in [2.45, 2.75) is 20.3 Å². The fourth-order valence-corrected chi connectivity index (χ4v) is 4.24. The predicted octanol–water partition coefficient (Wildman–Crippen LogP) is 5.24. The van der Waals surface area contributed by atoms with E-state index < -0.39 is 5.91 Å². The number of hydrogen-bond donors (Lipinski definition) is 1. The van der Waals surface area contributed by atoms with Gasteiger partial charge in [-0.15, -0.1) is 0 Å². The van der Waals surface area contributed by atoms with E-state index in [1.165, 1.54) is 22.3 Å². The summed E-state index contributed by atoms with van der Waals surface area (Å²) in [4.78, 5) is 16.7. The summed E-state index contributed by atoms with van der Waals surface area (Å²) in [7, 11) is 0. The molecule has 0 saturated heterocycles. The minimum atomic E-state index is -0.463. The zero-order chi connectivity index (χ0) is 22.7. The van der Waals surface area contributed by atoms with Gasteiger partial charge in [0.2, 0.25) is 5.17 Å². The summed E-state index contributed by atoms with van der Waals surface area (Å²) in [6.07, 6.45) is 2.34. The highest BCUT2D eigenvalue weighted by Gasteiger charge is 2.35. The lowest BCUT2D eigenvalue weighted by Crippen LogP contribution is -2.35. The molecule has 0 fully saturated rings. The molecule has 0 aliphatic carbocycles. The van der Waals surface area contributed by atoms with E-state index >= 15 is 0 Å². The molecule has 2 aliphatic rings. The molecule has 7 nitrogen and oxygen atoms in total. The average Bonchev–Trinajstić information content (AvgIpc) is 3.20. The molecule has 0 atom stereocenters. The summed E-state index contributed by atoms with van der Waals surface area (Å²) in [6, 6.07) is 13.3. The molecule has 2 aromatic carbocycles. The van der Waals surface area contributed by atoms with E-state index in [0.717, 1.165) is 21.7 Å². The van der Waals surface area contributed by atoms with Crippen LogP contribution in [0, 0.1) is 12.3 Å². The van der Waals surface area contributed by atoms with Gasteiger partial charge >= 0.3 is 0 Å². The van der Waals surface area contributed by atoms with Gasteiger partial charge in [0.15, 0.2) is 5.84 Å². The number of ether oxygens (including phenoxy) is 2. The van der Waals surface area contributed by atoms with E-state index in [1.54, 1.807) is 6.08 Å². The predicted molar refractivity (Wildman–Crippen MR) is 132 cm³/mol.